The Kier molecular flexibility index (Phi) is 4.24. The number of nitrogen functional groups attached to an aromatic ring is 1. The average Bonchev–Trinajstić information content (AvgIpc) is 2.92. The Hall–Kier alpha value is -2.22. The van der Waals surface area contributed by atoms with Gasteiger partial charge >= 0.3 is 0 Å². The van der Waals surface area contributed by atoms with Crippen molar-refractivity contribution in [2.24, 2.45) is 0 Å². The third-order valence-electron chi connectivity index (χ3n) is 2.52. The molecule has 0 spiro atoms. The normalized spacial score (nSPS) is 10.6. The van der Waals surface area contributed by atoms with Crippen LogP contribution in [0.3, 0.4) is 0 Å². The molecule has 2 N–H and O–H groups in total. The number of aromatic nitrogens is 5. The Morgan fingerprint density at radius 1 is 1.37 bits per heavy atom. The molecule has 8 nitrogen and oxygen atoms in total. The van der Waals surface area contributed by atoms with Gasteiger partial charge in [-0.2, -0.15) is 20.1 Å². The minimum absolute atomic E-state index is 0.175. The van der Waals surface area contributed by atoms with Crippen molar-refractivity contribution in [2.45, 2.75) is 6.42 Å². The molecule has 0 amide bonds. The van der Waals surface area contributed by atoms with E-state index in [9.17, 15) is 0 Å². The van der Waals surface area contributed by atoms with E-state index in [0.29, 0.717) is 18.5 Å². The van der Waals surface area contributed by atoms with Crippen molar-refractivity contribution in [3.8, 4) is 5.95 Å². The molecule has 0 atom stereocenters. The number of nitrogens with zero attached hydrogens (tertiary/aromatic N) is 6. The molecule has 0 saturated heterocycles. The average molecular weight is 263 g/mol. The van der Waals surface area contributed by atoms with Crippen LogP contribution in [0.15, 0.2) is 18.5 Å². The standard InChI is InChI=1S/C11H17N7O/c1-17(6-4-8-19-2)10-14-9(12)15-11(16-10)18-7-3-5-13-18/h3,5,7H,4,6,8H2,1-2H3,(H2,12,14,15,16). The highest BCUT2D eigenvalue weighted by molar-refractivity contribution is 5.36. The first-order valence-corrected chi connectivity index (χ1v) is 5.92. The van der Waals surface area contributed by atoms with Gasteiger partial charge in [0.25, 0.3) is 5.95 Å². The Bertz CT molecular complexity index is 514. The summed E-state index contributed by atoms with van der Waals surface area (Å²) in [7, 11) is 3.58. The highest BCUT2D eigenvalue weighted by Gasteiger charge is 2.10. The summed E-state index contributed by atoms with van der Waals surface area (Å²) in [5, 5.41) is 4.07. The smallest absolute Gasteiger partial charge is 0.257 e. The maximum atomic E-state index is 5.70. The van der Waals surface area contributed by atoms with E-state index in [1.807, 2.05) is 11.9 Å². The number of nitrogens with two attached hydrogens (primary N) is 1. The zero-order valence-corrected chi connectivity index (χ0v) is 11.0. The lowest BCUT2D eigenvalue weighted by atomic mass is 10.4. The van der Waals surface area contributed by atoms with E-state index in [-0.39, 0.29) is 5.95 Å². The summed E-state index contributed by atoms with van der Waals surface area (Å²) in [6.45, 7) is 1.47. The quantitative estimate of drug-likeness (QED) is 0.739. The molecule has 0 saturated carbocycles. The highest BCUT2D eigenvalue weighted by Crippen LogP contribution is 2.10. The first-order valence-electron chi connectivity index (χ1n) is 5.92. The summed E-state index contributed by atoms with van der Waals surface area (Å²) >= 11 is 0. The molecular formula is C11H17N7O. The van der Waals surface area contributed by atoms with Crippen LogP contribution in [0.2, 0.25) is 0 Å². The number of ether oxygens (including phenoxy) is 1. The van der Waals surface area contributed by atoms with Crippen LogP contribution in [0.4, 0.5) is 11.9 Å². The topological polar surface area (TPSA) is 95.0 Å². The lowest BCUT2D eigenvalue weighted by molar-refractivity contribution is 0.196. The van der Waals surface area contributed by atoms with Gasteiger partial charge in [-0.15, -0.1) is 0 Å². The molecule has 0 fully saturated rings. The molecule has 2 aromatic rings. The predicted molar refractivity (Wildman–Crippen MR) is 71.1 cm³/mol. The summed E-state index contributed by atoms with van der Waals surface area (Å²) in [5.41, 5.74) is 5.70. The zero-order valence-electron chi connectivity index (χ0n) is 11.0. The van der Waals surface area contributed by atoms with E-state index < -0.39 is 0 Å². The van der Waals surface area contributed by atoms with Crippen molar-refractivity contribution in [1.82, 2.24) is 24.7 Å². The van der Waals surface area contributed by atoms with Crippen molar-refractivity contribution < 1.29 is 4.74 Å². The Morgan fingerprint density at radius 2 is 2.21 bits per heavy atom. The van der Waals surface area contributed by atoms with Gasteiger partial charge in [0.15, 0.2) is 0 Å². The third kappa shape index (κ3) is 3.38. The van der Waals surface area contributed by atoms with Gasteiger partial charge in [0.2, 0.25) is 11.9 Å². The van der Waals surface area contributed by atoms with Gasteiger partial charge in [-0.1, -0.05) is 0 Å². The van der Waals surface area contributed by atoms with Gasteiger partial charge in [0.1, 0.15) is 0 Å². The van der Waals surface area contributed by atoms with Gasteiger partial charge in [0.05, 0.1) is 0 Å². The number of rotatable bonds is 6. The lowest BCUT2D eigenvalue weighted by Gasteiger charge is -2.17. The fourth-order valence-electron chi connectivity index (χ4n) is 1.58. The van der Waals surface area contributed by atoms with Gasteiger partial charge < -0.3 is 15.4 Å². The number of hydrogen-bond acceptors (Lipinski definition) is 7. The molecule has 8 heteroatoms. The second kappa shape index (κ2) is 6.10. The van der Waals surface area contributed by atoms with Gasteiger partial charge in [-0.3, -0.25) is 0 Å². The van der Waals surface area contributed by atoms with Crippen LogP contribution >= 0.6 is 0 Å². The van der Waals surface area contributed by atoms with Crippen LogP contribution in [0.25, 0.3) is 5.95 Å². The highest BCUT2D eigenvalue weighted by atomic mass is 16.5. The maximum absolute atomic E-state index is 5.70. The van der Waals surface area contributed by atoms with E-state index in [2.05, 4.69) is 20.1 Å². The minimum Gasteiger partial charge on any atom is -0.385 e. The zero-order chi connectivity index (χ0) is 13.7. The predicted octanol–water partition coefficient (Wildman–Crippen LogP) is 0.112. The first-order chi connectivity index (χ1) is 9.20. The fraction of sp³-hybridized carbons (Fsp3) is 0.455. The van der Waals surface area contributed by atoms with Crippen LogP contribution in [0.5, 0.6) is 0 Å². The van der Waals surface area contributed by atoms with Crippen molar-refractivity contribution in [3.63, 3.8) is 0 Å². The molecule has 0 aliphatic rings. The van der Waals surface area contributed by atoms with Crippen molar-refractivity contribution >= 4 is 11.9 Å². The van der Waals surface area contributed by atoms with Crippen molar-refractivity contribution in [3.05, 3.63) is 18.5 Å². The van der Waals surface area contributed by atoms with Gasteiger partial charge in [-0.05, 0) is 12.5 Å². The molecule has 0 radical (unpaired) electrons. The van der Waals surface area contributed by atoms with Crippen LogP contribution in [0.1, 0.15) is 6.42 Å². The molecule has 2 heterocycles. The van der Waals surface area contributed by atoms with E-state index in [4.69, 9.17) is 10.5 Å². The molecule has 0 bridgehead atoms. The third-order valence-corrected chi connectivity index (χ3v) is 2.52. The molecule has 0 unspecified atom stereocenters. The van der Waals surface area contributed by atoms with E-state index in [1.165, 1.54) is 0 Å². The minimum atomic E-state index is 0.175. The Balaban J connectivity index is 2.17. The SMILES string of the molecule is COCCCN(C)c1nc(N)nc(-n2cccn2)n1. The molecule has 0 aliphatic carbocycles. The molecule has 102 valence electrons. The summed E-state index contributed by atoms with van der Waals surface area (Å²) < 4.78 is 6.56. The number of anilines is 2. The van der Waals surface area contributed by atoms with Crippen LogP contribution < -0.4 is 10.6 Å². The Labute approximate surface area is 111 Å². The van der Waals surface area contributed by atoms with Crippen LogP contribution in [-0.4, -0.2) is 52.0 Å². The summed E-state index contributed by atoms with van der Waals surface area (Å²) in [4.78, 5) is 14.4. The molecule has 2 aromatic heterocycles. The molecule has 0 aliphatic heterocycles. The van der Waals surface area contributed by atoms with E-state index in [1.54, 1.807) is 30.3 Å². The monoisotopic (exact) mass is 263 g/mol. The summed E-state index contributed by atoms with van der Waals surface area (Å²) in [5.74, 6) is 1.11. The first kappa shape index (κ1) is 13.2. The van der Waals surface area contributed by atoms with Crippen LogP contribution in [-0.2, 0) is 4.74 Å². The summed E-state index contributed by atoms with van der Waals surface area (Å²) in [6.07, 6.45) is 4.29. The lowest BCUT2D eigenvalue weighted by Crippen LogP contribution is -2.23. The number of methoxy groups -OCH3 is 1. The second-order valence-electron chi connectivity index (χ2n) is 4.01. The maximum Gasteiger partial charge on any atom is 0.257 e. The van der Waals surface area contributed by atoms with E-state index >= 15 is 0 Å². The second-order valence-corrected chi connectivity index (χ2v) is 4.01. The summed E-state index contributed by atoms with van der Waals surface area (Å²) in [6, 6.07) is 1.79. The fourth-order valence-corrected chi connectivity index (χ4v) is 1.58. The molecular weight excluding hydrogens is 246 g/mol. The van der Waals surface area contributed by atoms with Crippen LogP contribution in [0, 0.1) is 0 Å². The molecule has 19 heavy (non-hydrogen) atoms. The number of hydrogen-bond donors (Lipinski definition) is 1. The van der Waals surface area contributed by atoms with Gasteiger partial charge in [0, 0.05) is 39.7 Å². The largest absolute Gasteiger partial charge is 0.385 e. The van der Waals surface area contributed by atoms with Crippen molar-refractivity contribution in [1.29, 1.82) is 0 Å². The van der Waals surface area contributed by atoms with E-state index in [0.717, 1.165) is 13.0 Å². The van der Waals surface area contributed by atoms with Crippen molar-refractivity contribution in [2.75, 3.05) is 37.9 Å². The Morgan fingerprint density at radius 3 is 2.89 bits per heavy atom. The van der Waals surface area contributed by atoms with Gasteiger partial charge in [-0.25, -0.2) is 4.68 Å². The molecule has 2 rings (SSSR count). The molecule has 0 aromatic carbocycles.